The molecule has 1 aromatic carbocycles. The summed E-state index contributed by atoms with van der Waals surface area (Å²) in [7, 11) is 0. The molecule has 22 heavy (non-hydrogen) atoms. The van der Waals surface area contributed by atoms with Crippen LogP contribution >= 0.6 is 0 Å². The van der Waals surface area contributed by atoms with Crippen molar-refractivity contribution in [3.05, 3.63) is 35.4 Å². The second kappa shape index (κ2) is 6.81. The van der Waals surface area contributed by atoms with Crippen molar-refractivity contribution in [2.75, 3.05) is 0 Å². The summed E-state index contributed by atoms with van der Waals surface area (Å²) < 4.78 is 0. The van der Waals surface area contributed by atoms with E-state index in [1.54, 1.807) is 13.8 Å². The van der Waals surface area contributed by atoms with E-state index in [1.165, 1.54) is 12.5 Å². The normalized spacial score (nSPS) is 12.9. The molecule has 0 bridgehead atoms. The van der Waals surface area contributed by atoms with Crippen LogP contribution in [0.4, 0.5) is 0 Å². The molecule has 1 rings (SSSR count). The molecule has 1 aromatic rings. The Morgan fingerprint density at radius 1 is 1.18 bits per heavy atom. The first kappa shape index (κ1) is 18.0. The highest BCUT2D eigenvalue weighted by Crippen LogP contribution is 2.22. The monoisotopic (exact) mass is 305 g/mol. The molecule has 0 aromatic heterocycles. The molecule has 0 saturated carbocycles. The Morgan fingerprint density at radius 2 is 1.73 bits per heavy atom. The van der Waals surface area contributed by atoms with Crippen molar-refractivity contribution >= 4 is 11.7 Å². The third-order valence-electron chi connectivity index (χ3n) is 3.34. The molecule has 0 radical (unpaired) electrons. The number of hydrogen-bond acceptors (Lipinski definition) is 3. The summed E-state index contributed by atoms with van der Waals surface area (Å²) >= 11 is 0. The van der Waals surface area contributed by atoms with Gasteiger partial charge in [-0.05, 0) is 30.4 Å². The maximum Gasteiger partial charge on any atom is 0.217 e. The van der Waals surface area contributed by atoms with Gasteiger partial charge in [-0.3, -0.25) is 4.79 Å². The first-order valence-electron chi connectivity index (χ1n) is 7.36. The van der Waals surface area contributed by atoms with Gasteiger partial charge in [0, 0.05) is 6.92 Å². The quantitative estimate of drug-likeness (QED) is 0.499. The molecule has 0 saturated heterocycles. The molecule has 0 aliphatic heterocycles. The fourth-order valence-corrected chi connectivity index (χ4v) is 1.90. The lowest BCUT2D eigenvalue weighted by Gasteiger charge is -2.24. The minimum absolute atomic E-state index is 0.129. The Morgan fingerprint density at radius 3 is 2.18 bits per heavy atom. The van der Waals surface area contributed by atoms with Crippen LogP contribution in [0.15, 0.2) is 29.4 Å². The van der Waals surface area contributed by atoms with Gasteiger partial charge in [-0.15, -0.1) is 0 Å². The fraction of sp³-hybridized carbons (Fsp3) is 0.529. The molecular weight excluding hydrogens is 278 g/mol. The molecule has 0 heterocycles. The summed E-state index contributed by atoms with van der Waals surface area (Å²) in [5.41, 5.74) is 7.54. The van der Waals surface area contributed by atoms with Crippen LogP contribution in [0.3, 0.4) is 0 Å². The molecule has 5 nitrogen and oxygen atoms in total. The van der Waals surface area contributed by atoms with Crippen LogP contribution in [0.1, 0.15) is 52.7 Å². The van der Waals surface area contributed by atoms with E-state index >= 15 is 0 Å². The number of nitrogens with one attached hydrogen (secondary N) is 1. The van der Waals surface area contributed by atoms with Crippen molar-refractivity contribution in [2.45, 2.75) is 59.1 Å². The van der Waals surface area contributed by atoms with Crippen LogP contribution in [-0.4, -0.2) is 17.3 Å². The first-order chi connectivity index (χ1) is 10.0. The van der Waals surface area contributed by atoms with E-state index in [1.807, 2.05) is 12.1 Å². The third kappa shape index (κ3) is 5.39. The van der Waals surface area contributed by atoms with Gasteiger partial charge < -0.3 is 15.9 Å². The topological polar surface area (TPSA) is 76.7 Å². The lowest BCUT2D eigenvalue weighted by Crippen LogP contribution is -2.52. The smallest absolute Gasteiger partial charge is 0.217 e. The number of rotatable bonds is 5. The summed E-state index contributed by atoms with van der Waals surface area (Å²) in [4.78, 5) is 16.4. The van der Waals surface area contributed by atoms with Crippen molar-refractivity contribution < 1.29 is 9.63 Å². The average molecular weight is 305 g/mol. The Labute approximate surface area is 132 Å². The second-order valence-corrected chi connectivity index (χ2v) is 7.00. The number of carbonyl (C=O) groups excluding carboxylic acids is 1. The number of oxime groups is 1. The van der Waals surface area contributed by atoms with Crippen molar-refractivity contribution in [1.82, 2.24) is 5.32 Å². The highest BCUT2D eigenvalue weighted by Gasteiger charge is 2.24. The second-order valence-electron chi connectivity index (χ2n) is 7.00. The van der Waals surface area contributed by atoms with Gasteiger partial charge in [0.1, 0.15) is 6.61 Å². The van der Waals surface area contributed by atoms with Crippen molar-refractivity contribution in [3.63, 3.8) is 0 Å². The van der Waals surface area contributed by atoms with Crippen LogP contribution in [0.5, 0.6) is 0 Å². The molecule has 0 atom stereocenters. The van der Waals surface area contributed by atoms with Crippen molar-refractivity contribution in [2.24, 2.45) is 10.9 Å². The van der Waals surface area contributed by atoms with E-state index in [2.05, 4.69) is 43.4 Å². The molecule has 122 valence electrons. The van der Waals surface area contributed by atoms with Crippen LogP contribution < -0.4 is 11.1 Å². The number of nitrogens with zero attached hydrogens (tertiary/aromatic N) is 1. The van der Waals surface area contributed by atoms with Crippen molar-refractivity contribution in [1.29, 1.82) is 0 Å². The highest BCUT2D eigenvalue weighted by molar-refractivity contribution is 5.92. The summed E-state index contributed by atoms with van der Waals surface area (Å²) in [5.74, 6) is 0.0648. The summed E-state index contributed by atoms with van der Waals surface area (Å²) in [6.45, 7) is 11.8. The minimum Gasteiger partial charge on any atom is -0.389 e. The van der Waals surface area contributed by atoms with Gasteiger partial charge in [-0.25, -0.2) is 0 Å². The maximum absolute atomic E-state index is 11.1. The molecular formula is C17H27N3O2. The number of nitrogens with two attached hydrogens (primary N) is 1. The van der Waals surface area contributed by atoms with Gasteiger partial charge in [-0.2, -0.15) is 0 Å². The van der Waals surface area contributed by atoms with Gasteiger partial charge in [-0.1, -0.05) is 50.2 Å². The Balaban J connectivity index is 2.63. The maximum atomic E-state index is 11.1. The Hall–Kier alpha value is -2.04. The average Bonchev–Trinajstić information content (AvgIpc) is 2.36. The molecule has 1 amide bonds. The van der Waals surface area contributed by atoms with Crippen molar-refractivity contribution in [3.8, 4) is 0 Å². The van der Waals surface area contributed by atoms with E-state index in [-0.39, 0.29) is 17.2 Å². The SMILES string of the molecule is CC(=O)NC(C)(C)/C(N)=N/OCc1ccc(C(C)(C)C)cc1. The third-order valence-corrected chi connectivity index (χ3v) is 3.34. The molecule has 0 spiro atoms. The number of amidine groups is 1. The number of benzene rings is 1. The molecule has 0 fully saturated rings. The summed E-state index contributed by atoms with van der Waals surface area (Å²) in [6.07, 6.45) is 0. The molecule has 0 aliphatic carbocycles. The Kier molecular flexibility index (Phi) is 5.58. The van der Waals surface area contributed by atoms with Crippen LogP contribution in [0.2, 0.25) is 0 Å². The number of amides is 1. The van der Waals surface area contributed by atoms with Gasteiger partial charge >= 0.3 is 0 Å². The molecule has 0 unspecified atom stereocenters. The number of carbonyl (C=O) groups is 1. The van der Waals surface area contributed by atoms with Crippen LogP contribution in [0.25, 0.3) is 0 Å². The van der Waals surface area contributed by atoms with Gasteiger partial charge in [0.15, 0.2) is 5.84 Å². The van der Waals surface area contributed by atoms with E-state index in [0.29, 0.717) is 6.61 Å². The lowest BCUT2D eigenvalue weighted by molar-refractivity contribution is -0.119. The van der Waals surface area contributed by atoms with Gasteiger partial charge in [0.2, 0.25) is 5.91 Å². The number of hydrogen-bond donors (Lipinski definition) is 2. The van der Waals surface area contributed by atoms with E-state index in [4.69, 9.17) is 10.6 Å². The Bertz CT molecular complexity index is 540. The van der Waals surface area contributed by atoms with Gasteiger partial charge in [0.25, 0.3) is 0 Å². The summed E-state index contributed by atoms with van der Waals surface area (Å²) in [5, 5.41) is 6.61. The summed E-state index contributed by atoms with van der Waals surface area (Å²) in [6, 6.07) is 8.22. The lowest BCUT2D eigenvalue weighted by atomic mass is 9.87. The van der Waals surface area contributed by atoms with Crippen LogP contribution in [-0.2, 0) is 21.7 Å². The highest BCUT2D eigenvalue weighted by atomic mass is 16.6. The molecule has 5 heteroatoms. The standard InChI is InChI=1S/C17H27N3O2/c1-12(21)19-17(5,6)15(18)20-22-11-13-7-9-14(10-8-13)16(2,3)4/h7-10H,11H2,1-6H3,(H2,18,20)(H,19,21). The largest absolute Gasteiger partial charge is 0.389 e. The van der Waals surface area contributed by atoms with Crippen LogP contribution in [0, 0.1) is 0 Å². The fourth-order valence-electron chi connectivity index (χ4n) is 1.90. The zero-order valence-corrected chi connectivity index (χ0v) is 14.4. The molecule has 0 aliphatic rings. The zero-order valence-electron chi connectivity index (χ0n) is 14.4. The minimum atomic E-state index is -0.734. The molecule has 3 N–H and O–H groups in total. The van der Waals surface area contributed by atoms with E-state index < -0.39 is 5.54 Å². The van der Waals surface area contributed by atoms with E-state index in [9.17, 15) is 4.79 Å². The first-order valence-corrected chi connectivity index (χ1v) is 7.36. The van der Waals surface area contributed by atoms with Gasteiger partial charge in [0.05, 0.1) is 5.54 Å². The predicted octanol–water partition coefficient (Wildman–Crippen LogP) is 2.69. The zero-order chi connectivity index (χ0) is 17.0. The van der Waals surface area contributed by atoms with E-state index in [0.717, 1.165) is 5.56 Å². The predicted molar refractivity (Wildman–Crippen MR) is 89.4 cm³/mol.